The summed E-state index contributed by atoms with van der Waals surface area (Å²) in [6.07, 6.45) is 2.63. The molecule has 0 N–H and O–H groups in total. The number of unbranched alkanes of at least 4 members (excludes halogenated alkanes) is 1. The molecule has 9 heteroatoms. The third-order valence-electron chi connectivity index (χ3n) is 5.29. The summed E-state index contributed by atoms with van der Waals surface area (Å²) >= 11 is -1.40. The number of rotatable bonds is 11. The van der Waals surface area contributed by atoms with Gasteiger partial charge in [0.25, 0.3) is 0 Å². The maximum atomic E-state index is 12.9. The molecule has 0 saturated heterocycles. The minimum atomic E-state index is -3.82. The molecule has 0 aliphatic heterocycles. The van der Waals surface area contributed by atoms with Crippen molar-refractivity contribution in [2.24, 2.45) is 0 Å². The van der Waals surface area contributed by atoms with Gasteiger partial charge in [-0.05, 0) is 27.1 Å². The molecule has 0 atom stereocenters. The van der Waals surface area contributed by atoms with Gasteiger partial charge in [0.2, 0.25) is 0 Å². The third kappa shape index (κ3) is 8.50. The van der Waals surface area contributed by atoms with Crippen molar-refractivity contribution in [1.82, 2.24) is 4.90 Å². The average molecular weight is 728 g/mol. The summed E-state index contributed by atoms with van der Waals surface area (Å²) in [5, 5.41) is 2.62. The normalized spacial score (nSPS) is 11.2. The van der Waals surface area contributed by atoms with Crippen LogP contribution in [-0.2, 0) is 12.3 Å². The van der Waals surface area contributed by atoms with Gasteiger partial charge in [-0.2, -0.15) is 0 Å². The zero-order valence-electron chi connectivity index (χ0n) is 21.9. The van der Waals surface area contributed by atoms with Crippen LogP contribution in [0.25, 0.3) is 0 Å². The van der Waals surface area contributed by atoms with Gasteiger partial charge in [0.1, 0.15) is 0 Å². The molecule has 196 valence electrons. The molecule has 3 aromatic carbocycles. The second-order valence-corrected chi connectivity index (χ2v) is 14.9. The van der Waals surface area contributed by atoms with Gasteiger partial charge in [-0.25, -0.2) is 0 Å². The SMILES string of the molecule is CCCCN(C)C.COc1ccccc1[PH+](c1ccccc1OC)c1ccccc1S(=O)(=O)[O][Po][CH3]. The van der Waals surface area contributed by atoms with Crippen molar-refractivity contribution in [3.63, 3.8) is 0 Å². The summed E-state index contributed by atoms with van der Waals surface area (Å²) < 4.78 is 44.2. The molecule has 0 unspecified atom stereocenters. The predicted molar refractivity (Wildman–Crippen MR) is 153 cm³/mol. The first kappa shape index (κ1) is 30.7. The van der Waals surface area contributed by atoms with Gasteiger partial charge in [0.15, 0.2) is 0 Å². The van der Waals surface area contributed by atoms with Crippen LogP contribution in [0, 0.1) is 0 Å². The molecule has 6 nitrogen and oxygen atoms in total. The Morgan fingerprint density at radius 2 is 1.28 bits per heavy atom. The molecule has 36 heavy (non-hydrogen) atoms. The molecule has 0 aliphatic rings. The average Bonchev–Trinajstić information content (AvgIpc) is 2.89. The molecule has 0 aromatic heterocycles. The second-order valence-electron chi connectivity index (χ2n) is 8.12. The Hall–Kier alpha value is -1.54. The number of para-hydroxylation sites is 2. The summed E-state index contributed by atoms with van der Waals surface area (Å²) in [6.45, 7) is 3.44. The van der Waals surface area contributed by atoms with Crippen molar-refractivity contribution in [3.05, 3.63) is 72.8 Å². The van der Waals surface area contributed by atoms with Crippen molar-refractivity contribution in [3.8, 4) is 11.5 Å². The molecule has 3 aromatic rings. The van der Waals surface area contributed by atoms with Crippen molar-refractivity contribution in [2.75, 3.05) is 34.9 Å². The zero-order valence-corrected chi connectivity index (χ0v) is 26.8. The van der Waals surface area contributed by atoms with Gasteiger partial charge < -0.3 is 4.90 Å². The van der Waals surface area contributed by atoms with Crippen LogP contribution in [0.1, 0.15) is 19.8 Å². The monoisotopic (exact) mass is 727 g/mol. The van der Waals surface area contributed by atoms with E-state index in [0.29, 0.717) is 11.5 Å². The molecular weight excluding hydrogens is 690 g/mol. The van der Waals surface area contributed by atoms with Crippen molar-refractivity contribution < 1.29 is 20.1 Å². The van der Waals surface area contributed by atoms with E-state index in [9.17, 15) is 8.42 Å². The third-order valence-corrected chi connectivity index (χ3v) is 13.2. The molecule has 0 aliphatic carbocycles. The molecule has 3 rings (SSSR count). The van der Waals surface area contributed by atoms with E-state index in [-0.39, 0.29) is 4.90 Å². The van der Waals surface area contributed by atoms with Crippen molar-refractivity contribution >= 4 is 58.0 Å². The van der Waals surface area contributed by atoms with E-state index in [4.69, 9.17) is 11.7 Å². The Morgan fingerprint density at radius 3 is 1.69 bits per heavy atom. The summed E-state index contributed by atoms with van der Waals surface area (Å²) in [6, 6.07) is 22.5. The molecule has 0 fully saturated rings. The summed E-state index contributed by atoms with van der Waals surface area (Å²) in [7, 11) is 1.85. The van der Waals surface area contributed by atoms with E-state index in [2.05, 4.69) is 25.9 Å². The number of nitrogens with zero attached hydrogens (tertiary/aromatic N) is 1. The fourth-order valence-electron chi connectivity index (χ4n) is 3.63. The van der Waals surface area contributed by atoms with E-state index in [1.54, 1.807) is 26.4 Å². The van der Waals surface area contributed by atoms with E-state index in [0.717, 1.165) is 15.9 Å². The number of benzene rings is 3. The Bertz CT molecular complexity index is 1140. The molecule has 0 radical (unpaired) electrons. The summed E-state index contributed by atoms with van der Waals surface area (Å²) in [4.78, 5) is 2.43. The fourth-order valence-corrected chi connectivity index (χ4v) is 10.9. The van der Waals surface area contributed by atoms with Crippen LogP contribution in [0.15, 0.2) is 77.7 Å². The predicted octanol–water partition coefficient (Wildman–Crippen LogP) is 3.92. The molecule has 0 heterocycles. The number of ether oxygens (including phenoxy) is 2. The Balaban J connectivity index is 0.000000572. The second kappa shape index (κ2) is 15.6. The van der Waals surface area contributed by atoms with E-state index >= 15 is 0 Å². The van der Waals surface area contributed by atoms with Crippen LogP contribution in [0.2, 0.25) is 4.58 Å². The van der Waals surface area contributed by atoms with Crippen LogP contribution < -0.4 is 25.4 Å². The van der Waals surface area contributed by atoms with E-state index in [1.165, 1.54) is 19.4 Å². The van der Waals surface area contributed by atoms with Crippen LogP contribution in [0.5, 0.6) is 11.5 Å². The number of hydrogen-bond donors (Lipinski definition) is 0. The van der Waals surface area contributed by atoms with Crippen LogP contribution in [0.3, 0.4) is 0 Å². The maximum absolute atomic E-state index is 12.9. The minimum absolute atomic E-state index is 0.215. The first-order chi connectivity index (χ1) is 17.3. The van der Waals surface area contributed by atoms with Gasteiger partial charge in [-0.3, -0.25) is 0 Å². The van der Waals surface area contributed by atoms with Gasteiger partial charge in [0.05, 0.1) is 0 Å². The Kier molecular flexibility index (Phi) is 13.3. The van der Waals surface area contributed by atoms with Crippen LogP contribution in [-0.4, -0.2) is 72.2 Å². The summed E-state index contributed by atoms with van der Waals surface area (Å²) in [5.41, 5.74) is 0. The van der Waals surface area contributed by atoms with Gasteiger partial charge in [-0.15, -0.1) is 0 Å². The first-order valence-electron chi connectivity index (χ1n) is 11.7. The first-order valence-corrected chi connectivity index (χ1v) is 19.0. The topological polar surface area (TPSA) is 65.1 Å². The van der Waals surface area contributed by atoms with Crippen LogP contribution >= 0.6 is 7.92 Å². The number of hydrogen-bond acceptors (Lipinski definition) is 6. The molecular formula is C27H37NO5PPoS+. The molecule has 0 amide bonds. The van der Waals surface area contributed by atoms with E-state index < -0.39 is 42.1 Å². The van der Waals surface area contributed by atoms with Crippen LogP contribution in [0.4, 0.5) is 0 Å². The van der Waals surface area contributed by atoms with Gasteiger partial charge >= 0.3 is 186 Å². The summed E-state index contributed by atoms with van der Waals surface area (Å²) in [5.74, 6) is 1.43. The fraction of sp³-hybridized carbons (Fsp3) is 0.333. The van der Waals surface area contributed by atoms with Gasteiger partial charge in [-0.1, -0.05) is 13.3 Å². The molecule has 0 bridgehead atoms. The van der Waals surface area contributed by atoms with E-state index in [1.807, 2.05) is 65.2 Å². The zero-order chi connectivity index (χ0) is 26.6. The number of methoxy groups -OCH3 is 2. The van der Waals surface area contributed by atoms with Gasteiger partial charge in [0, 0.05) is 0 Å². The molecule has 0 saturated carbocycles. The molecule has 0 spiro atoms. The standard InChI is InChI=1S/C20H19O5PS.C6H15N.CH3.Po/c1-24-15-9-3-5-11-17(15)26(18-12-6-4-10-16(18)25-2)19-13-7-8-14-20(19)27(21,22)23;1-4-5-6-7(2)3;;/h3-14H,1-2H3,(H,21,22,23);4-6H2,1-3H3;1H3;/q;;;+1. The van der Waals surface area contributed by atoms with Crippen molar-refractivity contribution in [1.29, 1.82) is 0 Å². The Labute approximate surface area is 230 Å². The van der Waals surface area contributed by atoms with Crippen molar-refractivity contribution in [2.45, 2.75) is 29.2 Å². The quantitative estimate of drug-likeness (QED) is 0.280. The Morgan fingerprint density at radius 1 is 0.806 bits per heavy atom.